The highest BCUT2D eigenvalue weighted by molar-refractivity contribution is 5.71. The second kappa shape index (κ2) is 10.1. The Balaban J connectivity index is 1.81. The summed E-state index contributed by atoms with van der Waals surface area (Å²) in [6.45, 7) is 2.45. The lowest BCUT2D eigenvalue weighted by molar-refractivity contribution is -0.274. The van der Waals surface area contributed by atoms with Crippen molar-refractivity contribution in [1.29, 1.82) is 0 Å². The summed E-state index contributed by atoms with van der Waals surface area (Å²) in [6, 6.07) is 17.5. The quantitative estimate of drug-likeness (QED) is 0.409. The highest BCUT2D eigenvalue weighted by Crippen LogP contribution is 2.32. The monoisotopic (exact) mass is 446 g/mol. The van der Waals surface area contributed by atoms with Crippen molar-refractivity contribution in [3.8, 4) is 34.1 Å². The van der Waals surface area contributed by atoms with E-state index in [1.165, 1.54) is 24.3 Å². The number of alkyl halides is 3. The zero-order valence-corrected chi connectivity index (χ0v) is 17.2. The van der Waals surface area contributed by atoms with Gasteiger partial charge in [0.05, 0.1) is 13.0 Å². The molecule has 0 bridgehead atoms. The van der Waals surface area contributed by atoms with Crippen LogP contribution < -0.4 is 14.2 Å². The van der Waals surface area contributed by atoms with E-state index < -0.39 is 12.3 Å². The van der Waals surface area contributed by atoms with Gasteiger partial charge in [-0.05, 0) is 59.5 Å². The fraction of sp³-hybridized carbons (Fsp3) is 0.208. The van der Waals surface area contributed by atoms with Gasteiger partial charge in [0.15, 0.2) is 0 Å². The predicted molar refractivity (Wildman–Crippen MR) is 112 cm³/mol. The highest BCUT2D eigenvalue weighted by atomic mass is 19.4. The molecule has 0 saturated heterocycles. The van der Waals surface area contributed by atoms with Gasteiger partial charge in [-0.15, -0.1) is 13.2 Å². The molecule has 0 atom stereocenters. The average Bonchev–Trinajstić information content (AvgIpc) is 2.71. The van der Waals surface area contributed by atoms with Crippen molar-refractivity contribution in [3.05, 3.63) is 72.3 Å². The van der Waals surface area contributed by atoms with Crippen LogP contribution in [0.5, 0.6) is 23.0 Å². The van der Waals surface area contributed by atoms with Crippen molar-refractivity contribution < 1.29 is 37.3 Å². The molecule has 8 heteroatoms. The number of carboxylic acids is 1. The van der Waals surface area contributed by atoms with Crippen LogP contribution in [0.3, 0.4) is 0 Å². The van der Waals surface area contributed by atoms with Gasteiger partial charge in [0.25, 0.3) is 0 Å². The predicted octanol–water partition coefficient (Wildman–Crippen LogP) is 6.46. The smallest absolute Gasteiger partial charge is 0.493 e. The van der Waals surface area contributed by atoms with Gasteiger partial charge in [-0.1, -0.05) is 31.2 Å². The summed E-state index contributed by atoms with van der Waals surface area (Å²) in [5.41, 5.74) is 1.94. The third-order valence-electron chi connectivity index (χ3n) is 4.26. The van der Waals surface area contributed by atoms with Crippen LogP contribution in [0.15, 0.2) is 66.7 Å². The Morgan fingerprint density at radius 2 is 1.59 bits per heavy atom. The number of halogens is 3. The molecular weight excluding hydrogens is 425 g/mol. The Morgan fingerprint density at radius 3 is 2.25 bits per heavy atom. The minimum absolute atomic E-state index is 0.175. The molecule has 0 unspecified atom stereocenters. The third kappa shape index (κ3) is 6.94. The van der Waals surface area contributed by atoms with Crippen molar-refractivity contribution in [2.75, 3.05) is 6.61 Å². The molecule has 0 aliphatic carbocycles. The van der Waals surface area contributed by atoms with Gasteiger partial charge in [0.1, 0.15) is 23.0 Å². The first-order valence-electron chi connectivity index (χ1n) is 9.84. The molecule has 0 aliphatic rings. The van der Waals surface area contributed by atoms with Crippen molar-refractivity contribution in [2.45, 2.75) is 26.1 Å². The maximum Gasteiger partial charge on any atom is 0.573 e. The first-order chi connectivity index (χ1) is 15.2. The molecule has 0 radical (unpaired) electrons. The fourth-order valence-corrected chi connectivity index (χ4v) is 2.99. The molecule has 3 rings (SSSR count). The van der Waals surface area contributed by atoms with Crippen LogP contribution in [-0.4, -0.2) is 24.0 Å². The summed E-state index contributed by atoms with van der Waals surface area (Å²) in [5, 5.41) is 9.11. The standard InChI is InChI=1S/C24H21F3O5/c1-2-10-30-21-11-16(13-23(28)29)12-22(15-21)31-20-5-3-4-18(14-20)17-6-8-19(9-7-17)32-24(25,26)27/h3-9,11-12,14-15H,2,10,13H2,1H3,(H,28,29). The SMILES string of the molecule is CCCOc1cc(CC(=O)O)cc(Oc2cccc(-c3ccc(OC(F)(F)F)cc3)c2)c1. The van der Waals surface area contributed by atoms with Gasteiger partial charge >= 0.3 is 12.3 Å². The lowest BCUT2D eigenvalue weighted by Crippen LogP contribution is -2.16. The Hall–Kier alpha value is -3.68. The number of hydrogen-bond donors (Lipinski definition) is 1. The zero-order valence-electron chi connectivity index (χ0n) is 17.2. The second-order valence-electron chi connectivity index (χ2n) is 6.93. The largest absolute Gasteiger partial charge is 0.573 e. The molecule has 168 valence electrons. The molecular formula is C24H21F3O5. The normalized spacial score (nSPS) is 11.1. The van der Waals surface area contributed by atoms with E-state index in [0.29, 0.717) is 35.0 Å². The maximum atomic E-state index is 12.3. The van der Waals surface area contributed by atoms with Crippen LogP contribution in [0.25, 0.3) is 11.1 Å². The van der Waals surface area contributed by atoms with Crippen LogP contribution in [0.4, 0.5) is 13.2 Å². The Labute approximate surface area is 183 Å². The van der Waals surface area contributed by atoms with Gasteiger partial charge in [-0.2, -0.15) is 0 Å². The summed E-state index contributed by atoms with van der Waals surface area (Å²) in [5.74, 6) is 0.136. The van der Waals surface area contributed by atoms with Crippen LogP contribution in [0.1, 0.15) is 18.9 Å². The van der Waals surface area contributed by atoms with Crippen molar-refractivity contribution >= 4 is 5.97 Å². The second-order valence-corrected chi connectivity index (χ2v) is 6.93. The molecule has 0 spiro atoms. The molecule has 0 amide bonds. The van der Waals surface area contributed by atoms with E-state index in [0.717, 1.165) is 12.0 Å². The molecule has 3 aromatic carbocycles. The van der Waals surface area contributed by atoms with Crippen LogP contribution in [0.2, 0.25) is 0 Å². The molecule has 0 fully saturated rings. The highest BCUT2D eigenvalue weighted by Gasteiger charge is 2.30. The molecule has 32 heavy (non-hydrogen) atoms. The minimum atomic E-state index is -4.75. The number of rotatable bonds is 9. The number of hydrogen-bond acceptors (Lipinski definition) is 4. The van der Waals surface area contributed by atoms with Gasteiger partial charge in [0.2, 0.25) is 0 Å². The summed E-state index contributed by atoms with van der Waals surface area (Å²) in [7, 11) is 0. The number of aliphatic carboxylic acids is 1. The Kier molecular flexibility index (Phi) is 7.25. The van der Waals surface area contributed by atoms with E-state index in [-0.39, 0.29) is 12.2 Å². The topological polar surface area (TPSA) is 65.0 Å². The lowest BCUT2D eigenvalue weighted by atomic mass is 10.1. The summed E-state index contributed by atoms with van der Waals surface area (Å²) in [4.78, 5) is 11.1. The van der Waals surface area contributed by atoms with Gasteiger partial charge in [-0.25, -0.2) is 0 Å². The van der Waals surface area contributed by atoms with Gasteiger partial charge < -0.3 is 19.3 Å². The third-order valence-corrected chi connectivity index (χ3v) is 4.26. The van der Waals surface area contributed by atoms with E-state index in [1.54, 1.807) is 42.5 Å². The molecule has 0 heterocycles. The minimum Gasteiger partial charge on any atom is -0.493 e. The lowest BCUT2D eigenvalue weighted by Gasteiger charge is -2.12. The van der Waals surface area contributed by atoms with E-state index in [2.05, 4.69) is 4.74 Å². The number of ether oxygens (including phenoxy) is 3. The van der Waals surface area contributed by atoms with Crippen LogP contribution in [0, 0.1) is 0 Å². The van der Waals surface area contributed by atoms with Crippen LogP contribution in [-0.2, 0) is 11.2 Å². The van der Waals surface area contributed by atoms with Gasteiger partial charge in [-0.3, -0.25) is 4.79 Å². The number of carbonyl (C=O) groups is 1. The van der Waals surface area contributed by atoms with Crippen LogP contribution >= 0.6 is 0 Å². The summed E-state index contributed by atoms with van der Waals surface area (Å²) in [6.07, 6.45) is -4.12. The first-order valence-corrected chi connectivity index (χ1v) is 9.84. The Bertz CT molecular complexity index is 1060. The molecule has 3 aromatic rings. The maximum absolute atomic E-state index is 12.3. The van der Waals surface area contributed by atoms with Crippen molar-refractivity contribution in [3.63, 3.8) is 0 Å². The molecule has 0 aromatic heterocycles. The number of benzene rings is 3. The van der Waals surface area contributed by atoms with Crippen molar-refractivity contribution in [1.82, 2.24) is 0 Å². The summed E-state index contributed by atoms with van der Waals surface area (Å²) >= 11 is 0. The summed E-state index contributed by atoms with van der Waals surface area (Å²) < 4.78 is 52.5. The van der Waals surface area contributed by atoms with Gasteiger partial charge in [0, 0.05) is 6.07 Å². The first kappa shape index (κ1) is 23.0. The molecule has 0 saturated carbocycles. The fourth-order valence-electron chi connectivity index (χ4n) is 2.99. The van der Waals surface area contributed by atoms with E-state index in [9.17, 15) is 18.0 Å². The van der Waals surface area contributed by atoms with Crippen molar-refractivity contribution in [2.24, 2.45) is 0 Å². The van der Waals surface area contributed by atoms with E-state index >= 15 is 0 Å². The van der Waals surface area contributed by atoms with E-state index in [1.807, 2.05) is 6.92 Å². The average molecular weight is 446 g/mol. The molecule has 0 aliphatic heterocycles. The Morgan fingerprint density at radius 1 is 0.875 bits per heavy atom. The number of carboxylic acid groups (broad SMARTS) is 1. The van der Waals surface area contributed by atoms with E-state index in [4.69, 9.17) is 14.6 Å². The molecule has 5 nitrogen and oxygen atoms in total. The zero-order chi connectivity index (χ0) is 23.1. The molecule has 1 N–H and O–H groups in total.